The number of hydrogen-bond donors (Lipinski definition) is 1. The molecule has 0 atom stereocenters. The summed E-state index contributed by atoms with van der Waals surface area (Å²) < 4.78 is 1.58. The van der Waals surface area contributed by atoms with Crippen LogP contribution in [0.25, 0.3) is 11.1 Å². The van der Waals surface area contributed by atoms with Gasteiger partial charge in [-0.2, -0.15) is 5.10 Å². The third kappa shape index (κ3) is 3.48. The first-order valence-corrected chi connectivity index (χ1v) is 7.71. The minimum Gasteiger partial charge on any atom is -0.368 e. The van der Waals surface area contributed by atoms with E-state index in [4.69, 9.17) is 5.73 Å². The van der Waals surface area contributed by atoms with Crippen LogP contribution in [0.4, 0.5) is 5.95 Å². The first kappa shape index (κ1) is 15.0. The van der Waals surface area contributed by atoms with Gasteiger partial charge in [0, 0.05) is 0 Å². The van der Waals surface area contributed by atoms with Gasteiger partial charge in [-0.05, 0) is 41.7 Å². The number of aromatic nitrogens is 2. The van der Waals surface area contributed by atoms with Gasteiger partial charge in [-0.15, -0.1) is 0 Å². The van der Waals surface area contributed by atoms with Gasteiger partial charge in [0.2, 0.25) is 5.95 Å². The molecule has 23 heavy (non-hydrogen) atoms. The summed E-state index contributed by atoms with van der Waals surface area (Å²) in [6, 6.07) is 16.9. The first-order valence-electron chi connectivity index (χ1n) is 7.71. The predicted octanol–water partition coefficient (Wildman–Crippen LogP) is 3.89. The zero-order chi connectivity index (χ0) is 16.2. The van der Waals surface area contributed by atoms with Gasteiger partial charge in [-0.1, -0.05) is 49.4 Å². The largest absolute Gasteiger partial charge is 0.368 e. The van der Waals surface area contributed by atoms with E-state index in [0.717, 1.165) is 17.7 Å². The van der Waals surface area contributed by atoms with Gasteiger partial charge in [-0.25, -0.2) is 9.66 Å². The molecular formula is C19H20N4. The molecule has 116 valence electrons. The molecule has 2 aromatic carbocycles. The van der Waals surface area contributed by atoms with Gasteiger partial charge in [0.25, 0.3) is 0 Å². The molecule has 3 aromatic rings. The van der Waals surface area contributed by atoms with Crippen LogP contribution < -0.4 is 5.73 Å². The number of benzene rings is 2. The molecule has 1 aromatic heterocycles. The molecule has 0 aliphatic carbocycles. The van der Waals surface area contributed by atoms with E-state index in [1.165, 1.54) is 16.7 Å². The van der Waals surface area contributed by atoms with Crippen molar-refractivity contribution in [2.45, 2.75) is 20.3 Å². The quantitative estimate of drug-likeness (QED) is 0.744. The smallest absolute Gasteiger partial charge is 0.221 e. The number of rotatable bonds is 4. The highest BCUT2D eigenvalue weighted by Gasteiger charge is 2.00. The zero-order valence-electron chi connectivity index (χ0n) is 13.4. The molecule has 4 heteroatoms. The molecule has 0 spiro atoms. The lowest BCUT2D eigenvalue weighted by Gasteiger charge is -2.04. The van der Waals surface area contributed by atoms with Crippen molar-refractivity contribution >= 4 is 12.2 Å². The van der Waals surface area contributed by atoms with Gasteiger partial charge >= 0.3 is 0 Å². The van der Waals surface area contributed by atoms with Gasteiger partial charge in [0.15, 0.2) is 0 Å². The fraction of sp³-hybridized carbons (Fsp3) is 0.158. The van der Waals surface area contributed by atoms with Crippen molar-refractivity contribution in [3.8, 4) is 11.1 Å². The lowest BCUT2D eigenvalue weighted by atomic mass is 10.0. The highest BCUT2D eigenvalue weighted by Crippen LogP contribution is 2.20. The Morgan fingerprint density at radius 3 is 2.57 bits per heavy atom. The number of nitrogens with two attached hydrogens (primary N) is 1. The fourth-order valence-corrected chi connectivity index (χ4v) is 2.46. The van der Waals surface area contributed by atoms with Crippen molar-refractivity contribution in [1.82, 2.24) is 9.66 Å². The third-order valence-corrected chi connectivity index (χ3v) is 3.75. The summed E-state index contributed by atoms with van der Waals surface area (Å²) in [5.41, 5.74) is 11.4. The van der Waals surface area contributed by atoms with E-state index in [2.05, 4.69) is 53.4 Å². The van der Waals surface area contributed by atoms with Crippen LogP contribution >= 0.6 is 0 Å². The molecule has 4 nitrogen and oxygen atoms in total. The van der Waals surface area contributed by atoms with E-state index in [9.17, 15) is 0 Å². The lowest BCUT2D eigenvalue weighted by Crippen LogP contribution is -1.97. The molecule has 0 aliphatic rings. The molecule has 0 saturated heterocycles. The number of aryl methyl sites for hydroxylation is 2. The molecule has 0 radical (unpaired) electrons. The van der Waals surface area contributed by atoms with Crippen LogP contribution in [0.3, 0.4) is 0 Å². The van der Waals surface area contributed by atoms with Crippen LogP contribution in [0.2, 0.25) is 0 Å². The molecule has 2 N–H and O–H groups in total. The van der Waals surface area contributed by atoms with E-state index in [1.807, 2.05) is 19.1 Å². The Labute approximate surface area is 136 Å². The van der Waals surface area contributed by atoms with Gasteiger partial charge in [-0.3, -0.25) is 0 Å². The number of anilines is 1. The molecule has 0 bridgehead atoms. The maximum Gasteiger partial charge on any atom is 0.221 e. The van der Waals surface area contributed by atoms with Crippen molar-refractivity contribution in [3.63, 3.8) is 0 Å². The Balaban J connectivity index is 1.85. The summed E-state index contributed by atoms with van der Waals surface area (Å²) in [4.78, 5) is 4.13. The van der Waals surface area contributed by atoms with E-state index in [1.54, 1.807) is 17.1 Å². The Kier molecular flexibility index (Phi) is 4.24. The highest BCUT2D eigenvalue weighted by molar-refractivity contribution is 5.82. The maximum absolute atomic E-state index is 5.79. The molecule has 0 unspecified atom stereocenters. The average Bonchev–Trinajstić information content (AvgIpc) is 2.91. The molecule has 0 amide bonds. The molecule has 1 heterocycles. The topological polar surface area (TPSA) is 56.2 Å². The summed E-state index contributed by atoms with van der Waals surface area (Å²) in [6.07, 6.45) is 4.65. The Hall–Kier alpha value is -2.88. The van der Waals surface area contributed by atoms with Crippen molar-refractivity contribution in [1.29, 1.82) is 0 Å². The number of hydrogen-bond acceptors (Lipinski definition) is 3. The van der Waals surface area contributed by atoms with E-state index in [-0.39, 0.29) is 0 Å². The third-order valence-electron chi connectivity index (χ3n) is 3.75. The van der Waals surface area contributed by atoms with Crippen molar-refractivity contribution in [3.05, 3.63) is 71.5 Å². The fourth-order valence-electron chi connectivity index (χ4n) is 2.46. The Morgan fingerprint density at radius 2 is 1.91 bits per heavy atom. The summed E-state index contributed by atoms with van der Waals surface area (Å²) in [5, 5.41) is 4.36. The zero-order valence-corrected chi connectivity index (χ0v) is 13.4. The summed E-state index contributed by atoms with van der Waals surface area (Å²) >= 11 is 0. The second-order valence-corrected chi connectivity index (χ2v) is 5.51. The SMILES string of the molecule is CCc1ccc(-c2cccc(C=Nn3cc(C)nc3N)c2)cc1. The number of nitrogen functional groups attached to an aromatic ring is 1. The van der Waals surface area contributed by atoms with Crippen LogP contribution in [0.15, 0.2) is 59.8 Å². The normalized spacial score (nSPS) is 11.2. The standard InChI is InChI=1S/C19H20N4/c1-3-15-7-9-17(10-8-15)18-6-4-5-16(11-18)12-21-23-13-14(2)22-19(23)20/h4-13H,3H2,1-2H3,(H2,20,22). The van der Waals surface area contributed by atoms with Crippen LogP contribution in [-0.2, 0) is 6.42 Å². The van der Waals surface area contributed by atoms with Gasteiger partial charge < -0.3 is 5.73 Å². The van der Waals surface area contributed by atoms with E-state index < -0.39 is 0 Å². The Bertz CT molecular complexity index is 829. The minimum absolute atomic E-state index is 0.394. The van der Waals surface area contributed by atoms with Crippen molar-refractivity contribution < 1.29 is 0 Å². The summed E-state index contributed by atoms with van der Waals surface area (Å²) in [7, 11) is 0. The number of nitrogens with zero attached hydrogens (tertiary/aromatic N) is 3. The van der Waals surface area contributed by atoms with Gasteiger partial charge in [0.1, 0.15) is 0 Å². The predicted molar refractivity (Wildman–Crippen MR) is 95.6 cm³/mol. The average molecular weight is 304 g/mol. The van der Waals surface area contributed by atoms with Crippen LogP contribution in [-0.4, -0.2) is 15.9 Å². The van der Waals surface area contributed by atoms with E-state index in [0.29, 0.717) is 5.95 Å². The van der Waals surface area contributed by atoms with Crippen molar-refractivity contribution in [2.75, 3.05) is 5.73 Å². The van der Waals surface area contributed by atoms with Crippen LogP contribution in [0.1, 0.15) is 23.7 Å². The summed E-state index contributed by atoms with van der Waals surface area (Å²) in [5.74, 6) is 0.394. The van der Waals surface area contributed by atoms with Crippen LogP contribution in [0, 0.1) is 6.92 Å². The highest BCUT2D eigenvalue weighted by atomic mass is 15.4. The second-order valence-electron chi connectivity index (χ2n) is 5.51. The second kappa shape index (κ2) is 6.48. The summed E-state index contributed by atoms with van der Waals surface area (Å²) in [6.45, 7) is 4.05. The van der Waals surface area contributed by atoms with E-state index >= 15 is 0 Å². The van der Waals surface area contributed by atoms with Crippen molar-refractivity contribution in [2.24, 2.45) is 5.10 Å². The monoisotopic (exact) mass is 304 g/mol. The molecule has 3 rings (SSSR count). The molecule has 0 aliphatic heterocycles. The molecule has 0 saturated carbocycles. The Morgan fingerprint density at radius 1 is 1.13 bits per heavy atom. The lowest BCUT2D eigenvalue weighted by molar-refractivity contribution is 0.897. The van der Waals surface area contributed by atoms with Gasteiger partial charge in [0.05, 0.1) is 18.1 Å². The van der Waals surface area contributed by atoms with Crippen LogP contribution in [0.5, 0.6) is 0 Å². The maximum atomic E-state index is 5.79. The number of imidazole rings is 1. The molecule has 0 fully saturated rings. The first-order chi connectivity index (χ1) is 11.2. The minimum atomic E-state index is 0.394. The molecular weight excluding hydrogens is 284 g/mol.